The monoisotopic (exact) mass is 391 g/mol. The Kier molecular flexibility index (Phi) is 5.10. The molecule has 0 saturated carbocycles. The molecule has 4 rings (SSSR count). The number of carbonyl (C=O) groups is 1. The lowest BCUT2D eigenvalue weighted by Crippen LogP contribution is -2.29. The van der Waals surface area contributed by atoms with Crippen LogP contribution in [0.1, 0.15) is 10.5 Å². The second kappa shape index (κ2) is 7.85. The highest BCUT2D eigenvalue weighted by molar-refractivity contribution is 6.10. The number of hydrogen-bond donors (Lipinski definition) is 3. The molecule has 0 spiro atoms. The Bertz CT molecular complexity index is 1170. The first kappa shape index (κ1) is 18.8. The van der Waals surface area contributed by atoms with E-state index in [2.05, 4.69) is 10.3 Å². The summed E-state index contributed by atoms with van der Waals surface area (Å²) in [5.74, 6) is -0.928. The van der Waals surface area contributed by atoms with Crippen molar-refractivity contribution in [3.8, 4) is 22.3 Å². The van der Waals surface area contributed by atoms with Gasteiger partial charge in [0.1, 0.15) is 17.3 Å². The van der Waals surface area contributed by atoms with Crippen molar-refractivity contribution in [1.29, 1.82) is 0 Å². The molecule has 4 nitrogen and oxygen atoms in total. The van der Waals surface area contributed by atoms with E-state index in [1.807, 2.05) is 18.2 Å². The highest BCUT2D eigenvalue weighted by Gasteiger charge is 2.19. The second-order valence-electron chi connectivity index (χ2n) is 6.69. The summed E-state index contributed by atoms with van der Waals surface area (Å²) in [5, 5.41) is 3.61. The Balaban J connectivity index is 1.86. The van der Waals surface area contributed by atoms with E-state index in [1.165, 1.54) is 24.3 Å². The number of benzene rings is 3. The van der Waals surface area contributed by atoms with Crippen LogP contribution in [-0.2, 0) is 0 Å². The molecule has 4 aromatic rings. The predicted octanol–water partition coefficient (Wildman–Crippen LogP) is 4.47. The van der Waals surface area contributed by atoms with Gasteiger partial charge in [-0.15, -0.1) is 0 Å². The zero-order chi connectivity index (χ0) is 20.4. The van der Waals surface area contributed by atoms with E-state index < -0.39 is 0 Å². The van der Waals surface area contributed by atoms with Crippen molar-refractivity contribution in [3.05, 3.63) is 84.1 Å². The molecular formula is C23H19F2N3O. The molecule has 0 radical (unpaired) electrons. The van der Waals surface area contributed by atoms with Crippen LogP contribution >= 0.6 is 0 Å². The second-order valence-corrected chi connectivity index (χ2v) is 6.69. The van der Waals surface area contributed by atoms with Crippen LogP contribution in [0, 0.1) is 11.6 Å². The minimum absolute atomic E-state index is 0.283. The van der Waals surface area contributed by atoms with Gasteiger partial charge in [-0.2, -0.15) is 0 Å². The number of halogens is 2. The Morgan fingerprint density at radius 3 is 2.07 bits per heavy atom. The molecule has 146 valence electrons. The van der Waals surface area contributed by atoms with Crippen molar-refractivity contribution in [3.63, 3.8) is 0 Å². The maximum atomic E-state index is 13.4. The van der Waals surface area contributed by atoms with Crippen LogP contribution in [0.3, 0.4) is 0 Å². The summed E-state index contributed by atoms with van der Waals surface area (Å²) in [7, 11) is 0. The Labute approximate surface area is 166 Å². The summed E-state index contributed by atoms with van der Waals surface area (Å²) >= 11 is 0. The summed E-state index contributed by atoms with van der Waals surface area (Å²) in [6.45, 7) is 0.671. The van der Waals surface area contributed by atoms with Crippen molar-refractivity contribution in [2.24, 2.45) is 5.73 Å². The van der Waals surface area contributed by atoms with Crippen LogP contribution in [0.15, 0.2) is 66.7 Å². The maximum Gasteiger partial charge on any atom is 0.268 e. The molecule has 0 atom stereocenters. The molecule has 1 heterocycles. The number of hydrogen-bond acceptors (Lipinski definition) is 2. The van der Waals surface area contributed by atoms with Gasteiger partial charge in [0.05, 0.1) is 0 Å². The van der Waals surface area contributed by atoms with Gasteiger partial charge in [-0.05, 0) is 47.0 Å². The fraction of sp³-hybridized carbons (Fsp3) is 0.0870. The smallest absolute Gasteiger partial charge is 0.268 e. The highest BCUT2D eigenvalue weighted by Crippen LogP contribution is 2.35. The van der Waals surface area contributed by atoms with Gasteiger partial charge in [0.2, 0.25) is 0 Å². The first-order valence-electron chi connectivity index (χ1n) is 9.22. The van der Waals surface area contributed by atoms with Gasteiger partial charge in [-0.1, -0.05) is 36.4 Å². The summed E-state index contributed by atoms with van der Waals surface area (Å²) in [5.41, 5.74) is 9.81. The van der Waals surface area contributed by atoms with Crippen LogP contribution in [-0.4, -0.2) is 24.0 Å². The van der Waals surface area contributed by atoms with E-state index in [1.54, 1.807) is 24.3 Å². The van der Waals surface area contributed by atoms with Gasteiger partial charge in [-0.25, -0.2) is 8.78 Å². The fourth-order valence-corrected chi connectivity index (χ4v) is 3.38. The fourth-order valence-electron chi connectivity index (χ4n) is 3.38. The van der Waals surface area contributed by atoms with Gasteiger partial charge < -0.3 is 16.0 Å². The zero-order valence-corrected chi connectivity index (χ0v) is 15.5. The molecule has 0 saturated heterocycles. The lowest BCUT2D eigenvalue weighted by Gasteiger charge is -2.06. The molecule has 29 heavy (non-hydrogen) atoms. The quantitative estimate of drug-likeness (QED) is 0.470. The van der Waals surface area contributed by atoms with Gasteiger partial charge in [0.15, 0.2) is 0 Å². The SMILES string of the molecule is NCCNC(=O)c1[nH]c2cc(-c3ccc(F)cc3)ccc2c1-c1ccc(F)cc1. The minimum atomic E-state index is -0.346. The average molecular weight is 391 g/mol. The number of nitrogens with one attached hydrogen (secondary N) is 2. The number of carbonyl (C=O) groups excluding carboxylic acids is 1. The first-order valence-corrected chi connectivity index (χ1v) is 9.22. The summed E-state index contributed by atoms with van der Waals surface area (Å²) < 4.78 is 26.6. The molecule has 0 fully saturated rings. The average Bonchev–Trinajstić information content (AvgIpc) is 3.12. The molecule has 0 unspecified atom stereocenters. The van der Waals surface area contributed by atoms with Gasteiger partial charge >= 0.3 is 0 Å². The van der Waals surface area contributed by atoms with E-state index in [0.717, 1.165) is 27.6 Å². The third-order valence-corrected chi connectivity index (χ3v) is 4.77. The van der Waals surface area contributed by atoms with Crippen LogP contribution in [0.4, 0.5) is 8.78 Å². The van der Waals surface area contributed by atoms with Crippen LogP contribution in [0.5, 0.6) is 0 Å². The summed E-state index contributed by atoms with van der Waals surface area (Å²) in [4.78, 5) is 15.9. The molecule has 1 aromatic heterocycles. The van der Waals surface area contributed by atoms with E-state index in [4.69, 9.17) is 5.73 Å². The molecule has 0 aliphatic rings. The van der Waals surface area contributed by atoms with Crippen LogP contribution < -0.4 is 11.1 Å². The highest BCUT2D eigenvalue weighted by atomic mass is 19.1. The van der Waals surface area contributed by atoms with Gasteiger partial charge in [-0.3, -0.25) is 4.79 Å². The number of aromatic amines is 1. The minimum Gasteiger partial charge on any atom is -0.350 e. The Hall–Kier alpha value is -3.51. The standard InChI is InChI=1S/C23H19F2N3O/c24-17-6-1-14(2-7-17)16-5-10-19-20(13-16)28-22(23(29)27-12-11-26)21(19)15-3-8-18(25)9-4-15/h1-10,13,28H,11-12,26H2,(H,27,29). The molecule has 0 aliphatic carbocycles. The molecule has 0 aliphatic heterocycles. The topological polar surface area (TPSA) is 70.9 Å². The lowest BCUT2D eigenvalue weighted by molar-refractivity contribution is 0.0951. The third kappa shape index (κ3) is 3.75. The van der Waals surface area contributed by atoms with E-state index in [9.17, 15) is 13.6 Å². The molecule has 3 aromatic carbocycles. The molecule has 4 N–H and O–H groups in total. The van der Waals surface area contributed by atoms with E-state index in [-0.39, 0.29) is 17.5 Å². The number of amides is 1. The normalized spacial score (nSPS) is 11.0. The third-order valence-electron chi connectivity index (χ3n) is 4.77. The number of H-pyrrole nitrogens is 1. The Morgan fingerprint density at radius 1 is 0.862 bits per heavy atom. The number of fused-ring (bicyclic) bond motifs is 1. The van der Waals surface area contributed by atoms with Crippen molar-refractivity contribution < 1.29 is 13.6 Å². The van der Waals surface area contributed by atoms with Crippen molar-refractivity contribution in [1.82, 2.24) is 10.3 Å². The first-order chi connectivity index (χ1) is 14.1. The lowest BCUT2D eigenvalue weighted by atomic mass is 9.99. The number of aromatic nitrogens is 1. The molecule has 6 heteroatoms. The van der Waals surface area contributed by atoms with E-state index >= 15 is 0 Å². The predicted molar refractivity (Wildman–Crippen MR) is 110 cm³/mol. The maximum absolute atomic E-state index is 13.4. The Morgan fingerprint density at radius 2 is 1.45 bits per heavy atom. The molecular weight excluding hydrogens is 372 g/mol. The van der Waals surface area contributed by atoms with Crippen molar-refractivity contribution >= 4 is 16.8 Å². The van der Waals surface area contributed by atoms with E-state index in [0.29, 0.717) is 24.3 Å². The van der Waals surface area contributed by atoms with Crippen LogP contribution in [0.2, 0.25) is 0 Å². The molecule has 1 amide bonds. The summed E-state index contributed by atoms with van der Waals surface area (Å²) in [6.07, 6.45) is 0. The van der Waals surface area contributed by atoms with Crippen molar-refractivity contribution in [2.75, 3.05) is 13.1 Å². The largest absolute Gasteiger partial charge is 0.350 e. The summed E-state index contributed by atoms with van der Waals surface area (Å²) in [6, 6.07) is 18.0. The van der Waals surface area contributed by atoms with Gasteiger partial charge in [0, 0.05) is 29.6 Å². The number of nitrogens with two attached hydrogens (primary N) is 1. The van der Waals surface area contributed by atoms with Crippen LogP contribution in [0.25, 0.3) is 33.2 Å². The zero-order valence-electron chi connectivity index (χ0n) is 15.5. The molecule has 0 bridgehead atoms. The van der Waals surface area contributed by atoms with Gasteiger partial charge in [0.25, 0.3) is 5.91 Å². The number of rotatable bonds is 5. The van der Waals surface area contributed by atoms with Crippen molar-refractivity contribution in [2.45, 2.75) is 0 Å².